The third-order valence-electron chi connectivity index (χ3n) is 4.26. The summed E-state index contributed by atoms with van der Waals surface area (Å²) in [7, 11) is 0. The summed E-state index contributed by atoms with van der Waals surface area (Å²) in [5.41, 5.74) is 1.61. The van der Waals surface area contributed by atoms with Crippen LogP contribution in [-0.4, -0.2) is 48.8 Å². The summed E-state index contributed by atoms with van der Waals surface area (Å²) in [5.74, 6) is 2.38. The Labute approximate surface area is 155 Å². The number of hydrogen-bond acceptors (Lipinski definition) is 7. The molecular weight excluding hydrogens is 348 g/mol. The van der Waals surface area contributed by atoms with Crippen LogP contribution < -0.4 is 9.47 Å². The van der Waals surface area contributed by atoms with Gasteiger partial charge < -0.3 is 23.4 Å². The lowest BCUT2D eigenvalue weighted by molar-refractivity contribution is 0.263. The molecule has 2 aromatic carbocycles. The highest BCUT2D eigenvalue weighted by Gasteiger charge is 2.24. The Kier molecular flexibility index (Phi) is 4.23. The van der Waals surface area contributed by atoms with Crippen molar-refractivity contribution in [2.75, 3.05) is 26.4 Å². The fourth-order valence-corrected chi connectivity index (χ4v) is 2.60. The van der Waals surface area contributed by atoms with Crippen LogP contribution in [0.5, 0.6) is 11.5 Å². The van der Waals surface area contributed by atoms with Gasteiger partial charge in [0.2, 0.25) is 11.8 Å². The number of ether oxygens (including phenoxy) is 4. The van der Waals surface area contributed by atoms with Crippen molar-refractivity contribution in [1.29, 1.82) is 0 Å². The molecule has 3 aromatic rings. The first-order chi connectivity index (χ1) is 13.3. The highest BCUT2D eigenvalue weighted by atomic mass is 16.6. The van der Waals surface area contributed by atoms with Crippen LogP contribution in [-0.2, 0) is 9.47 Å². The van der Waals surface area contributed by atoms with Gasteiger partial charge >= 0.3 is 0 Å². The Morgan fingerprint density at radius 3 is 1.70 bits per heavy atom. The van der Waals surface area contributed by atoms with Gasteiger partial charge in [0.25, 0.3) is 0 Å². The number of epoxide rings is 2. The maximum atomic E-state index is 5.86. The highest BCUT2D eigenvalue weighted by Crippen LogP contribution is 2.28. The van der Waals surface area contributed by atoms with Crippen molar-refractivity contribution in [3.05, 3.63) is 48.5 Å². The van der Waals surface area contributed by atoms with E-state index >= 15 is 0 Å². The first kappa shape index (κ1) is 16.3. The minimum Gasteiger partial charge on any atom is -0.491 e. The van der Waals surface area contributed by atoms with Crippen molar-refractivity contribution in [3.8, 4) is 34.4 Å². The van der Waals surface area contributed by atoms with E-state index < -0.39 is 0 Å². The Bertz CT molecular complexity index is 859. The van der Waals surface area contributed by atoms with Crippen LogP contribution in [0.2, 0.25) is 0 Å². The highest BCUT2D eigenvalue weighted by molar-refractivity contribution is 5.60. The van der Waals surface area contributed by atoms with Gasteiger partial charge in [0, 0.05) is 11.1 Å². The average Bonchev–Trinajstić information content (AvgIpc) is 3.64. The van der Waals surface area contributed by atoms with E-state index in [1.54, 1.807) is 0 Å². The predicted octanol–water partition coefficient (Wildman–Crippen LogP) is 2.96. The van der Waals surface area contributed by atoms with Gasteiger partial charge in [0.05, 0.1) is 13.2 Å². The number of rotatable bonds is 8. The molecule has 2 aliphatic heterocycles. The van der Waals surface area contributed by atoms with Crippen molar-refractivity contribution >= 4 is 0 Å². The molecule has 5 rings (SSSR count). The van der Waals surface area contributed by atoms with E-state index in [-0.39, 0.29) is 12.2 Å². The van der Waals surface area contributed by atoms with E-state index in [1.807, 2.05) is 48.5 Å². The van der Waals surface area contributed by atoms with Crippen molar-refractivity contribution in [3.63, 3.8) is 0 Å². The second kappa shape index (κ2) is 7.02. The second-order valence-corrected chi connectivity index (χ2v) is 6.50. The predicted molar refractivity (Wildman–Crippen MR) is 95.6 cm³/mol. The molecule has 7 heteroatoms. The lowest BCUT2D eigenvalue weighted by atomic mass is 10.2. The summed E-state index contributed by atoms with van der Waals surface area (Å²) in [4.78, 5) is 0. The van der Waals surface area contributed by atoms with Crippen LogP contribution in [0.25, 0.3) is 22.9 Å². The van der Waals surface area contributed by atoms with Crippen LogP contribution >= 0.6 is 0 Å². The Morgan fingerprint density at radius 1 is 0.778 bits per heavy atom. The van der Waals surface area contributed by atoms with Gasteiger partial charge in [-0.05, 0) is 36.4 Å². The molecule has 0 unspecified atom stereocenters. The normalized spacial score (nSPS) is 20.3. The van der Waals surface area contributed by atoms with E-state index in [1.165, 1.54) is 0 Å². The van der Waals surface area contributed by atoms with Crippen LogP contribution in [0.1, 0.15) is 0 Å². The summed E-state index contributed by atoms with van der Waals surface area (Å²) in [6.45, 7) is 2.64. The van der Waals surface area contributed by atoms with Crippen LogP contribution in [0.4, 0.5) is 0 Å². The maximum Gasteiger partial charge on any atom is 0.248 e. The molecule has 138 valence electrons. The minimum absolute atomic E-state index is 0.213. The first-order valence-electron chi connectivity index (χ1n) is 8.87. The lowest BCUT2D eigenvalue weighted by Crippen LogP contribution is -2.03. The molecule has 3 heterocycles. The summed E-state index contributed by atoms with van der Waals surface area (Å²) in [5, 5.41) is 8.34. The van der Waals surface area contributed by atoms with E-state index in [4.69, 9.17) is 23.4 Å². The molecule has 0 amide bonds. The number of benzene rings is 2. The Balaban J connectivity index is 1.31. The molecule has 0 bridgehead atoms. The Morgan fingerprint density at radius 2 is 1.26 bits per heavy atom. The molecular formula is C20H18N2O5. The SMILES string of the molecule is c1cc(OC[C@H]2CO2)cc(-c2nnc(-c3cccc(OC[C@H]4CO4)c3)o2)c1. The molecule has 0 N–H and O–H groups in total. The van der Waals surface area contributed by atoms with Gasteiger partial charge in [-0.3, -0.25) is 0 Å². The molecule has 27 heavy (non-hydrogen) atoms. The Hall–Kier alpha value is -2.90. The fourth-order valence-electron chi connectivity index (χ4n) is 2.60. The van der Waals surface area contributed by atoms with Gasteiger partial charge in [0.15, 0.2) is 0 Å². The number of aromatic nitrogens is 2. The monoisotopic (exact) mass is 366 g/mol. The molecule has 0 spiro atoms. The molecule has 7 nitrogen and oxygen atoms in total. The summed E-state index contributed by atoms with van der Waals surface area (Å²) < 4.78 is 27.6. The lowest BCUT2D eigenvalue weighted by Gasteiger charge is -2.05. The molecule has 0 aliphatic carbocycles. The van der Waals surface area contributed by atoms with E-state index in [2.05, 4.69) is 10.2 Å². The van der Waals surface area contributed by atoms with Gasteiger partial charge in [-0.1, -0.05) is 12.1 Å². The molecule has 1 aromatic heterocycles. The molecule has 2 fully saturated rings. The zero-order chi connectivity index (χ0) is 18.1. The van der Waals surface area contributed by atoms with Gasteiger partial charge in [-0.25, -0.2) is 0 Å². The van der Waals surface area contributed by atoms with E-state index in [9.17, 15) is 0 Å². The zero-order valence-electron chi connectivity index (χ0n) is 14.5. The third-order valence-corrected chi connectivity index (χ3v) is 4.26. The van der Waals surface area contributed by atoms with Crippen LogP contribution in [0.3, 0.4) is 0 Å². The fraction of sp³-hybridized carbons (Fsp3) is 0.300. The second-order valence-electron chi connectivity index (χ2n) is 6.50. The molecule has 2 aliphatic rings. The summed E-state index contributed by atoms with van der Waals surface area (Å²) in [6, 6.07) is 15.2. The largest absolute Gasteiger partial charge is 0.491 e. The van der Waals surface area contributed by atoms with Crippen molar-refractivity contribution in [1.82, 2.24) is 10.2 Å². The van der Waals surface area contributed by atoms with Crippen molar-refractivity contribution in [2.24, 2.45) is 0 Å². The van der Waals surface area contributed by atoms with Gasteiger partial charge in [0.1, 0.15) is 36.9 Å². The first-order valence-corrected chi connectivity index (χ1v) is 8.87. The quantitative estimate of drug-likeness (QED) is 0.567. The molecule has 2 atom stereocenters. The molecule has 0 saturated carbocycles. The topological polar surface area (TPSA) is 82.4 Å². The number of nitrogens with zero attached hydrogens (tertiary/aromatic N) is 2. The van der Waals surface area contributed by atoms with E-state index in [0.29, 0.717) is 25.0 Å². The average molecular weight is 366 g/mol. The summed E-state index contributed by atoms with van der Waals surface area (Å²) >= 11 is 0. The van der Waals surface area contributed by atoms with Gasteiger partial charge in [-0.2, -0.15) is 0 Å². The van der Waals surface area contributed by atoms with Crippen LogP contribution in [0.15, 0.2) is 52.9 Å². The van der Waals surface area contributed by atoms with Crippen molar-refractivity contribution in [2.45, 2.75) is 12.2 Å². The van der Waals surface area contributed by atoms with Gasteiger partial charge in [-0.15, -0.1) is 10.2 Å². The zero-order valence-corrected chi connectivity index (χ0v) is 14.5. The minimum atomic E-state index is 0.213. The van der Waals surface area contributed by atoms with E-state index in [0.717, 1.165) is 35.8 Å². The van der Waals surface area contributed by atoms with Crippen LogP contribution in [0, 0.1) is 0 Å². The molecule has 0 radical (unpaired) electrons. The number of hydrogen-bond donors (Lipinski definition) is 0. The summed E-state index contributed by atoms with van der Waals surface area (Å²) in [6.07, 6.45) is 0.425. The maximum absolute atomic E-state index is 5.86. The molecule has 2 saturated heterocycles. The smallest absolute Gasteiger partial charge is 0.248 e. The van der Waals surface area contributed by atoms with Crippen molar-refractivity contribution < 1.29 is 23.4 Å². The third kappa shape index (κ3) is 4.10. The standard InChI is InChI=1S/C20H18N2O5/c1-3-13(7-15(5-1)23-9-17-11-25-17)19-21-22-20(27-19)14-4-2-6-16(8-14)24-10-18-12-26-18/h1-8,17-18H,9-12H2/t17-,18-/m0/s1.